The predicted octanol–water partition coefficient (Wildman–Crippen LogP) is 4.64. The van der Waals surface area contributed by atoms with Gasteiger partial charge in [0.1, 0.15) is 5.82 Å². The molecule has 0 aliphatic carbocycles. The molecule has 0 amide bonds. The van der Waals surface area contributed by atoms with Crippen molar-refractivity contribution in [1.29, 1.82) is 0 Å². The van der Waals surface area contributed by atoms with Crippen LogP contribution < -0.4 is 11.1 Å². The van der Waals surface area contributed by atoms with Gasteiger partial charge in [0.05, 0.1) is 5.52 Å². The summed E-state index contributed by atoms with van der Waals surface area (Å²) in [5, 5.41) is 5.17. The molecule has 1 unspecified atom stereocenters. The van der Waals surface area contributed by atoms with Crippen molar-refractivity contribution in [2.24, 2.45) is 0 Å². The van der Waals surface area contributed by atoms with Gasteiger partial charge < -0.3 is 11.1 Å². The molecule has 0 aliphatic rings. The van der Waals surface area contributed by atoms with Gasteiger partial charge in [0.25, 0.3) is 0 Å². The van der Waals surface area contributed by atoms with Gasteiger partial charge in [-0.2, -0.15) is 0 Å². The van der Waals surface area contributed by atoms with Crippen LogP contribution >= 0.6 is 11.6 Å². The molecule has 0 aliphatic heterocycles. The summed E-state index contributed by atoms with van der Waals surface area (Å²) >= 11 is 6.03. The number of nitrogen functional groups attached to an aromatic ring is 1. The first-order valence-electron chi connectivity index (χ1n) is 6.80. The highest BCUT2D eigenvalue weighted by Gasteiger charge is 2.07. The molecule has 1 atom stereocenters. The Balaban J connectivity index is 1.86. The van der Waals surface area contributed by atoms with Gasteiger partial charge in [0.2, 0.25) is 0 Å². The van der Waals surface area contributed by atoms with Crippen LogP contribution in [0.4, 0.5) is 11.5 Å². The molecule has 1 aromatic heterocycles. The van der Waals surface area contributed by atoms with Gasteiger partial charge >= 0.3 is 0 Å². The summed E-state index contributed by atoms with van der Waals surface area (Å²) in [7, 11) is 0. The lowest BCUT2D eigenvalue weighted by Gasteiger charge is -2.15. The third-order valence-corrected chi connectivity index (χ3v) is 3.66. The summed E-state index contributed by atoms with van der Waals surface area (Å²) in [6.07, 6.45) is 0. The number of pyridine rings is 1. The van der Waals surface area contributed by atoms with E-state index in [4.69, 9.17) is 17.3 Å². The fraction of sp³-hybridized carbons (Fsp3) is 0.118. The van der Waals surface area contributed by atoms with Crippen LogP contribution in [0.3, 0.4) is 0 Å². The van der Waals surface area contributed by atoms with E-state index in [-0.39, 0.29) is 6.04 Å². The van der Waals surface area contributed by atoms with E-state index in [1.165, 1.54) is 0 Å². The first-order chi connectivity index (χ1) is 10.1. The first kappa shape index (κ1) is 13.7. The molecule has 2 aromatic carbocycles. The number of aromatic nitrogens is 1. The second-order valence-corrected chi connectivity index (χ2v) is 5.51. The van der Waals surface area contributed by atoms with Crippen LogP contribution in [-0.2, 0) is 0 Å². The highest BCUT2D eigenvalue weighted by molar-refractivity contribution is 6.30. The van der Waals surface area contributed by atoms with Crippen molar-refractivity contribution in [3.8, 4) is 0 Å². The van der Waals surface area contributed by atoms with Crippen molar-refractivity contribution in [3.05, 3.63) is 65.2 Å². The number of halogens is 1. The molecule has 3 aromatic rings. The minimum absolute atomic E-state index is 0.127. The molecule has 0 saturated carbocycles. The zero-order valence-electron chi connectivity index (χ0n) is 11.7. The summed E-state index contributed by atoms with van der Waals surface area (Å²) in [5.41, 5.74) is 8.57. The topological polar surface area (TPSA) is 50.9 Å². The second kappa shape index (κ2) is 5.62. The SMILES string of the molecule is CC(Nc1ccc2cc(N)ccc2n1)c1cccc(Cl)c1. The minimum Gasteiger partial charge on any atom is -0.399 e. The van der Waals surface area contributed by atoms with E-state index in [1.807, 2.05) is 54.6 Å². The number of benzene rings is 2. The standard InChI is InChI=1S/C17H16ClN3/c1-11(12-3-2-4-14(18)9-12)20-17-8-5-13-10-15(19)6-7-16(13)21-17/h2-11H,19H2,1H3,(H,20,21). The first-order valence-corrected chi connectivity index (χ1v) is 7.18. The average molecular weight is 298 g/mol. The number of hydrogen-bond donors (Lipinski definition) is 2. The fourth-order valence-corrected chi connectivity index (χ4v) is 2.50. The van der Waals surface area contributed by atoms with Gasteiger partial charge in [-0.1, -0.05) is 23.7 Å². The molecule has 0 fully saturated rings. The summed E-state index contributed by atoms with van der Waals surface area (Å²) in [6, 6.07) is 17.7. The van der Waals surface area contributed by atoms with Gasteiger partial charge in [-0.3, -0.25) is 0 Å². The predicted molar refractivity (Wildman–Crippen MR) is 89.6 cm³/mol. The largest absolute Gasteiger partial charge is 0.399 e. The molecule has 4 heteroatoms. The molecule has 0 bridgehead atoms. The van der Waals surface area contributed by atoms with Crippen molar-refractivity contribution in [2.45, 2.75) is 13.0 Å². The van der Waals surface area contributed by atoms with Crippen LogP contribution in [0.25, 0.3) is 10.9 Å². The third-order valence-electron chi connectivity index (χ3n) is 3.43. The van der Waals surface area contributed by atoms with Gasteiger partial charge in [0.15, 0.2) is 0 Å². The highest BCUT2D eigenvalue weighted by atomic mass is 35.5. The third kappa shape index (κ3) is 3.09. The van der Waals surface area contributed by atoms with E-state index >= 15 is 0 Å². The fourth-order valence-electron chi connectivity index (χ4n) is 2.31. The summed E-state index contributed by atoms with van der Waals surface area (Å²) in [6.45, 7) is 2.08. The number of nitrogens with two attached hydrogens (primary N) is 1. The number of hydrogen-bond acceptors (Lipinski definition) is 3. The molecule has 21 heavy (non-hydrogen) atoms. The van der Waals surface area contributed by atoms with Gasteiger partial charge in [0, 0.05) is 22.1 Å². The van der Waals surface area contributed by atoms with Gasteiger partial charge in [-0.05, 0) is 55.0 Å². The lowest BCUT2D eigenvalue weighted by molar-refractivity contribution is 0.877. The molecular weight excluding hydrogens is 282 g/mol. The Morgan fingerprint density at radius 3 is 2.76 bits per heavy atom. The zero-order chi connectivity index (χ0) is 14.8. The van der Waals surface area contributed by atoms with Crippen molar-refractivity contribution >= 4 is 34.0 Å². The Morgan fingerprint density at radius 1 is 1.10 bits per heavy atom. The number of nitrogens with zero attached hydrogens (tertiary/aromatic N) is 1. The van der Waals surface area contributed by atoms with E-state index in [1.54, 1.807) is 0 Å². The van der Waals surface area contributed by atoms with E-state index in [0.29, 0.717) is 0 Å². The van der Waals surface area contributed by atoms with Crippen molar-refractivity contribution in [1.82, 2.24) is 4.98 Å². The summed E-state index contributed by atoms with van der Waals surface area (Å²) < 4.78 is 0. The molecule has 3 rings (SSSR count). The maximum Gasteiger partial charge on any atom is 0.127 e. The highest BCUT2D eigenvalue weighted by Crippen LogP contribution is 2.23. The van der Waals surface area contributed by atoms with E-state index in [9.17, 15) is 0 Å². The number of anilines is 2. The molecule has 106 valence electrons. The Bertz CT molecular complexity index is 786. The normalized spacial score (nSPS) is 12.3. The lowest BCUT2D eigenvalue weighted by atomic mass is 10.1. The van der Waals surface area contributed by atoms with Crippen molar-refractivity contribution < 1.29 is 0 Å². The monoisotopic (exact) mass is 297 g/mol. The van der Waals surface area contributed by atoms with Crippen LogP contribution in [0, 0.1) is 0 Å². The van der Waals surface area contributed by atoms with Gasteiger partial charge in [-0.25, -0.2) is 4.98 Å². The van der Waals surface area contributed by atoms with Crippen molar-refractivity contribution in [2.75, 3.05) is 11.1 Å². The van der Waals surface area contributed by atoms with E-state index in [2.05, 4.69) is 17.2 Å². The maximum absolute atomic E-state index is 6.03. The lowest BCUT2D eigenvalue weighted by Crippen LogP contribution is -2.07. The Hall–Kier alpha value is -2.26. The van der Waals surface area contributed by atoms with Crippen LogP contribution in [-0.4, -0.2) is 4.98 Å². The minimum atomic E-state index is 0.127. The average Bonchev–Trinajstić information content (AvgIpc) is 2.47. The Morgan fingerprint density at radius 2 is 1.95 bits per heavy atom. The van der Waals surface area contributed by atoms with Crippen LogP contribution in [0.15, 0.2) is 54.6 Å². The zero-order valence-corrected chi connectivity index (χ0v) is 12.4. The molecule has 0 spiro atoms. The molecule has 3 N–H and O–H groups in total. The Kier molecular flexibility index (Phi) is 3.67. The second-order valence-electron chi connectivity index (χ2n) is 5.07. The van der Waals surface area contributed by atoms with Crippen LogP contribution in [0.2, 0.25) is 5.02 Å². The molecule has 1 heterocycles. The molecule has 0 saturated heterocycles. The molecule has 3 nitrogen and oxygen atoms in total. The summed E-state index contributed by atoms with van der Waals surface area (Å²) in [5.74, 6) is 0.833. The number of nitrogens with one attached hydrogen (secondary N) is 1. The van der Waals surface area contributed by atoms with E-state index < -0.39 is 0 Å². The number of fused-ring (bicyclic) bond motifs is 1. The van der Waals surface area contributed by atoms with Gasteiger partial charge in [-0.15, -0.1) is 0 Å². The van der Waals surface area contributed by atoms with Crippen LogP contribution in [0.1, 0.15) is 18.5 Å². The quantitative estimate of drug-likeness (QED) is 0.692. The molecule has 0 radical (unpaired) electrons. The molecular formula is C17H16ClN3. The smallest absolute Gasteiger partial charge is 0.127 e. The van der Waals surface area contributed by atoms with E-state index in [0.717, 1.165) is 33.0 Å². The summed E-state index contributed by atoms with van der Waals surface area (Å²) in [4.78, 5) is 4.60. The Labute approximate surface area is 128 Å². The number of rotatable bonds is 3. The van der Waals surface area contributed by atoms with Crippen molar-refractivity contribution in [3.63, 3.8) is 0 Å². The maximum atomic E-state index is 6.03. The van der Waals surface area contributed by atoms with Crippen LogP contribution in [0.5, 0.6) is 0 Å².